The summed E-state index contributed by atoms with van der Waals surface area (Å²) < 4.78 is 0. The molecule has 0 aliphatic rings. The molecule has 0 unspecified atom stereocenters. The molecule has 2 rings (SSSR count). The SMILES string of the molecule is CC.c1ccc(N=Nc2ccccc2)cc1. The van der Waals surface area contributed by atoms with Gasteiger partial charge in [0.25, 0.3) is 0 Å². The minimum atomic E-state index is 0.872. The second kappa shape index (κ2) is 7.35. The third-order valence-corrected chi connectivity index (χ3v) is 1.79. The quantitative estimate of drug-likeness (QED) is 0.616. The standard InChI is InChI=1S/C12H10N2.C2H6/c1-3-7-11(8-4-1)13-14-12-9-5-2-6-10-12;1-2/h1-10H;1-2H3. The molecule has 0 aromatic heterocycles. The molecule has 0 radical (unpaired) electrons. The molecular formula is C14H16N2. The van der Waals surface area contributed by atoms with E-state index in [4.69, 9.17) is 0 Å². The number of azo groups is 1. The van der Waals surface area contributed by atoms with Crippen molar-refractivity contribution in [1.82, 2.24) is 0 Å². The summed E-state index contributed by atoms with van der Waals surface area (Å²) >= 11 is 0. The van der Waals surface area contributed by atoms with Crippen LogP contribution in [0.2, 0.25) is 0 Å². The molecule has 2 aromatic rings. The van der Waals surface area contributed by atoms with Gasteiger partial charge in [-0.1, -0.05) is 50.2 Å². The lowest BCUT2D eigenvalue weighted by atomic mass is 10.3. The first-order chi connectivity index (χ1) is 7.95. The van der Waals surface area contributed by atoms with E-state index in [2.05, 4.69) is 10.2 Å². The van der Waals surface area contributed by atoms with Crippen molar-refractivity contribution in [2.24, 2.45) is 10.2 Å². The van der Waals surface area contributed by atoms with Gasteiger partial charge in [0.05, 0.1) is 11.4 Å². The number of rotatable bonds is 2. The predicted molar refractivity (Wildman–Crippen MR) is 68.4 cm³/mol. The molecule has 0 spiro atoms. The average Bonchev–Trinajstić information content (AvgIpc) is 2.41. The molecule has 0 amide bonds. The maximum atomic E-state index is 4.10. The van der Waals surface area contributed by atoms with Gasteiger partial charge in [-0.25, -0.2) is 0 Å². The molecule has 0 aliphatic heterocycles. The number of hydrogen-bond donors (Lipinski definition) is 0. The second-order valence-corrected chi connectivity index (χ2v) is 2.87. The van der Waals surface area contributed by atoms with Crippen molar-refractivity contribution in [3.05, 3.63) is 60.7 Å². The molecule has 2 heteroatoms. The van der Waals surface area contributed by atoms with E-state index in [1.165, 1.54) is 0 Å². The van der Waals surface area contributed by atoms with Gasteiger partial charge >= 0.3 is 0 Å². The number of nitrogens with zero attached hydrogens (tertiary/aromatic N) is 2. The van der Waals surface area contributed by atoms with Crippen LogP contribution in [-0.4, -0.2) is 0 Å². The smallest absolute Gasteiger partial charge is 0.0857 e. The third-order valence-electron chi connectivity index (χ3n) is 1.79. The summed E-state index contributed by atoms with van der Waals surface area (Å²) in [5, 5.41) is 8.20. The van der Waals surface area contributed by atoms with E-state index in [0.717, 1.165) is 11.4 Å². The van der Waals surface area contributed by atoms with Crippen LogP contribution in [0.25, 0.3) is 0 Å². The summed E-state index contributed by atoms with van der Waals surface area (Å²) in [4.78, 5) is 0. The van der Waals surface area contributed by atoms with Crippen LogP contribution >= 0.6 is 0 Å². The van der Waals surface area contributed by atoms with Crippen LogP contribution < -0.4 is 0 Å². The second-order valence-electron chi connectivity index (χ2n) is 2.87. The highest BCUT2D eigenvalue weighted by atomic mass is 15.1. The zero-order valence-electron chi connectivity index (χ0n) is 9.67. The zero-order valence-corrected chi connectivity index (χ0v) is 9.67. The fourth-order valence-corrected chi connectivity index (χ4v) is 1.10. The van der Waals surface area contributed by atoms with Gasteiger partial charge in [-0.05, 0) is 24.3 Å². The Kier molecular flexibility index (Phi) is 5.56. The average molecular weight is 212 g/mol. The maximum Gasteiger partial charge on any atom is 0.0857 e. The highest BCUT2D eigenvalue weighted by Gasteiger charge is 1.86. The molecule has 16 heavy (non-hydrogen) atoms. The molecule has 0 fully saturated rings. The van der Waals surface area contributed by atoms with Gasteiger partial charge in [0.1, 0.15) is 0 Å². The Morgan fingerprint density at radius 1 is 0.562 bits per heavy atom. The summed E-state index contributed by atoms with van der Waals surface area (Å²) in [6, 6.07) is 19.4. The molecule has 0 saturated carbocycles. The zero-order chi connectivity index (χ0) is 11.6. The van der Waals surface area contributed by atoms with Gasteiger partial charge in [-0.15, -0.1) is 0 Å². The minimum Gasteiger partial charge on any atom is -0.151 e. The molecule has 0 atom stereocenters. The fraction of sp³-hybridized carbons (Fsp3) is 0.143. The Hall–Kier alpha value is -1.96. The Morgan fingerprint density at radius 2 is 0.875 bits per heavy atom. The maximum absolute atomic E-state index is 4.10. The van der Waals surface area contributed by atoms with E-state index in [0.29, 0.717) is 0 Å². The summed E-state index contributed by atoms with van der Waals surface area (Å²) in [7, 11) is 0. The topological polar surface area (TPSA) is 24.7 Å². The molecule has 0 heterocycles. The van der Waals surface area contributed by atoms with Crippen molar-refractivity contribution in [3.8, 4) is 0 Å². The summed E-state index contributed by atoms with van der Waals surface area (Å²) in [6.45, 7) is 4.00. The lowest BCUT2D eigenvalue weighted by Crippen LogP contribution is -1.62. The summed E-state index contributed by atoms with van der Waals surface area (Å²) in [6.07, 6.45) is 0. The van der Waals surface area contributed by atoms with E-state index < -0.39 is 0 Å². The van der Waals surface area contributed by atoms with Crippen LogP contribution in [0.15, 0.2) is 70.9 Å². The van der Waals surface area contributed by atoms with Crippen molar-refractivity contribution in [1.29, 1.82) is 0 Å². The van der Waals surface area contributed by atoms with Gasteiger partial charge in [0.15, 0.2) is 0 Å². The molecule has 2 aromatic carbocycles. The fourth-order valence-electron chi connectivity index (χ4n) is 1.10. The molecule has 0 saturated heterocycles. The van der Waals surface area contributed by atoms with Crippen molar-refractivity contribution in [3.63, 3.8) is 0 Å². The number of hydrogen-bond acceptors (Lipinski definition) is 2. The minimum absolute atomic E-state index is 0.872. The number of benzene rings is 2. The van der Waals surface area contributed by atoms with E-state index in [9.17, 15) is 0 Å². The van der Waals surface area contributed by atoms with Crippen LogP contribution in [0.1, 0.15) is 13.8 Å². The molecular weight excluding hydrogens is 196 g/mol. The first-order valence-electron chi connectivity index (χ1n) is 5.47. The van der Waals surface area contributed by atoms with Gasteiger partial charge in [0.2, 0.25) is 0 Å². The Balaban J connectivity index is 0.000000606. The Bertz CT molecular complexity index is 366. The molecule has 0 bridgehead atoms. The van der Waals surface area contributed by atoms with Crippen molar-refractivity contribution in [2.75, 3.05) is 0 Å². The van der Waals surface area contributed by atoms with E-state index in [-0.39, 0.29) is 0 Å². The van der Waals surface area contributed by atoms with Crippen LogP contribution in [0.4, 0.5) is 11.4 Å². The predicted octanol–water partition coefficient (Wildman–Crippen LogP) is 5.13. The largest absolute Gasteiger partial charge is 0.151 e. The Morgan fingerprint density at radius 3 is 1.19 bits per heavy atom. The molecule has 82 valence electrons. The van der Waals surface area contributed by atoms with Gasteiger partial charge < -0.3 is 0 Å². The lowest BCUT2D eigenvalue weighted by molar-refractivity contribution is 1.23. The summed E-state index contributed by atoms with van der Waals surface area (Å²) in [5.41, 5.74) is 1.74. The monoisotopic (exact) mass is 212 g/mol. The Labute approximate surface area is 96.7 Å². The molecule has 2 nitrogen and oxygen atoms in total. The van der Waals surface area contributed by atoms with E-state index >= 15 is 0 Å². The van der Waals surface area contributed by atoms with Gasteiger partial charge in [-0.2, -0.15) is 10.2 Å². The summed E-state index contributed by atoms with van der Waals surface area (Å²) in [5.74, 6) is 0. The van der Waals surface area contributed by atoms with Crippen LogP contribution in [0.5, 0.6) is 0 Å². The molecule has 0 N–H and O–H groups in total. The van der Waals surface area contributed by atoms with E-state index in [1.54, 1.807) is 0 Å². The van der Waals surface area contributed by atoms with E-state index in [1.807, 2.05) is 74.5 Å². The first kappa shape index (κ1) is 12.1. The van der Waals surface area contributed by atoms with Crippen LogP contribution in [0.3, 0.4) is 0 Å². The van der Waals surface area contributed by atoms with Crippen molar-refractivity contribution < 1.29 is 0 Å². The third kappa shape index (κ3) is 4.05. The highest BCUT2D eigenvalue weighted by molar-refractivity contribution is 5.39. The normalized spacial score (nSPS) is 9.62. The van der Waals surface area contributed by atoms with Gasteiger partial charge in [-0.3, -0.25) is 0 Å². The first-order valence-corrected chi connectivity index (χ1v) is 5.47. The van der Waals surface area contributed by atoms with Crippen molar-refractivity contribution in [2.45, 2.75) is 13.8 Å². The lowest BCUT2D eigenvalue weighted by Gasteiger charge is -1.91. The molecule has 0 aliphatic carbocycles. The highest BCUT2D eigenvalue weighted by Crippen LogP contribution is 2.16. The van der Waals surface area contributed by atoms with Gasteiger partial charge in [0, 0.05) is 0 Å². The van der Waals surface area contributed by atoms with Crippen molar-refractivity contribution >= 4 is 11.4 Å². The van der Waals surface area contributed by atoms with Crippen LogP contribution in [-0.2, 0) is 0 Å². The van der Waals surface area contributed by atoms with Crippen LogP contribution in [0, 0.1) is 0 Å².